The normalized spacial score (nSPS) is 19.2. The van der Waals surface area contributed by atoms with Crippen molar-refractivity contribution in [2.24, 2.45) is 0 Å². The molecule has 1 saturated heterocycles. The van der Waals surface area contributed by atoms with Gasteiger partial charge in [-0.2, -0.15) is 5.26 Å². The fourth-order valence-electron chi connectivity index (χ4n) is 1.68. The van der Waals surface area contributed by atoms with Gasteiger partial charge in [0.1, 0.15) is 11.6 Å². The van der Waals surface area contributed by atoms with Gasteiger partial charge >= 0.3 is 0 Å². The van der Waals surface area contributed by atoms with E-state index in [-0.39, 0.29) is 17.5 Å². The van der Waals surface area contributed by atoms with E-state index in [1.807, 2.05) is 24.8 Å². The molecule has 1 heterocycles. The van der Waals surface area contributed by atoms with Gasteiger partial charge in [0.15, 0.2) is 0 Å². The Morgan fingerprint density at radius 3 is 2.56 bits per heavy atom. The number of amides is 1. The van der Waals surface area contributed by atoms with Crippen LogP contribution in [0.3, 0.4) is 0 Å². The van der Waals surface area contributed by atoms with Gasteiger partial charge in [0.05, 0.1) is 0 Å². The van der Waals surface area contributed by atoms with Crippen LogP contribution in [0.25, 0.3) is 0 Å². The first kappa shape index (κ1) is 14.5. The minimum atomic E-state index is -0.272. The SMILES string of the molecule is CCC(C)NC(=O)/C(C#N)=C\N1CCN(C)CC1. The number of nitriles is 1. The third-order valence-electron chi connectivity index (χ3n) is 3.20. The van der Waals surface area contributed by atoms with Crippen molar-refractivity contribution in [1.29, 1.82) is 5.26 Å². The summed E-state index contributed by atoms with van der Waals surface area (Å²) >= 11 is 0. The molecule has 0 aromatic heterocycles. The second kappa shape index (κ2) is 7.02. The first-order valence-electron chi connectivity index (χ1n) is 6.42. The quantitative estimate of drug-likeness (QED) is 0.585. The molecule has 1 unspecified atom stereocenters. The van der Waals surface area contributed by atoms with E-state index in [0.717, 1.165) is 32.6 Å². The number of hydrogen-bond donors (Lipinski definition) is 1. The maximum absolute atomic E-state index is 11.8. The highest BCUT2D eigenvalue weighted by Crippen LogP contribution is 2.04. The molecule has 0 aromatic carbocycles. The molecule has 1 amide bonds. The minimum absolute atomic E-state index is 0.0988. The van der Waals surface area contributed by atoms with Crippen LogP contribution >= 0.6 is 0 Å². The zero-order valence-electron chi connectivity index (χ0n) is 11.4. The summed E-state index contributed by atoms with van der Waals surface area (Å²) in [6.45, 7) is 7.57. The third-order valence-corrected chi connectivity index (χ3v) is 3.20. The predicted octanol–water partition coefficient (Wildman–Crippen LogP) is 0.556. The topological polar surface area (TPSA) is 59.4 Å². The van der Waals surface area contributed by atoms with Crippen molar-refractivity contribution in [3.8, 4) is 6.07 Å². The van der Waals surface area contributed by atoms with Crippen molar-refractivity contribution < 1.29 is 4.79 Å². The molecule has 1 atom stereocenters. The van der Waals surface area contributed by atoms with Gasteiger partial charge < -0.3 is 15.1 Å². The van der Waals surface area contributed by atoms with Crippen molar-refractivity contribution in [2.45, 2.75) is 26.3 Å². The lowest BCUT2D eigenvalue weighted by Gasteiger charge is -2.31. The number of piperazine rings is 1. The van der Waals surface area contributed by atoms with E-state index in [1.165, 1.54) is 0 Å². The van der Waals surface area contributed by atoms with E-state index >= 15 is 0 Å². The van der Waals surface area contributed by atoms with Crippen molar-refractivity contribution in [3.63, 3.8) is 0 Å². The molecule has 0 bridgehead atoms. The second-order valence-corrected chi connectivity index (χ2v) is 4.78. The number of nitrogens with zero attached hydrogens (tertiary/aromatic N) is 3. The van der Waals surface area contributed by atoms with Crippen LogP contribution in [0.1, 0.15) is 20.3 Å². The van der Waals surface area contributed by atoms with Crippen LogP contribution < -0.4 is 5.32 Å². The van der Waals surface area contributed by atoms with Crippen LogP contribution in [0.2, 0.25) is 0 Å². The van der Waals surface area contributed by atoms with E-state index in [0.29, 0.717) is 0 Å². The van der Waals surface area contributed by atoms with Gasteiger partial charge in [0.25, 0.3) is 5.91 Å². The summed E-state index contributed by atoms with van der Waals surface area (Å²) in [7, 11) is 2.07. The summed E-state index contributed by atoms with van der Waals surface area (Å²) in [5, 5.41) is 11.9. The Morgan fingerprint density at radius 1 is 1.44 bits per heavy atom. The molecule has 100 valence electrons. The van der Waals surface area contributed by atoms with E-state index in [2.05, 4.69) is 17.3 Å². The molecule has 0 radical (unpaired) electrons. The van der Waals surface area contributed by atoms with Crippen LogP contribution in [0.4, 0.5) is 0 Å². The van der Waals surface area contributed by atoms with Gasteiger partial charge in [-0.1, -0.05) is 6.92 Å². The number of rotatable bonds is 4. The molecule has 1 rings (SSSR count). The molecule has 0 saturated carbocycles. The molecule has 1 fully saturated rings. The van der Waals surface area contributed by atoms with Gasteiger partial charge in [-0.25, -0.2) is 0 Å². The summed E-state index contributed by atoms with van der Waals surface area (Å²) in [6, 6.07) is 2.08. The minimum Gasteiger partial charge on any atom is -0.374 e. The Balaban J connectivity index is 2.60. The molecule has 5 nitrogen and oxygen atoms in total. The predicted molar refractivity (Wildman–Crippen MR) is 70.7 cm³/mol. The van der Waals surface area contributed by atoms with E-state index in [4.69, 9.17) is 5.26 Å². The summed E-state index contributed by atoms with van der Waals surface area (Å²) in [6.07, 6.45) is 2.55. The lowest BCUT2D eigenvalue weighted by atomic mass is 10.2. The highest BCUT2D eigenvalue weighted by Gasteiger charge is 2.15. The number of carbonyl (C=O) groups is 1. The van der Waals surface area contributed by atoms with Crippen LogP contribution in [-0.2, 0) is 4.79 Å². The Morgan fingerprint density at radius 2 is 2.06 bits per heavy atom. The average Bonchev–Trinajstić information content (AvgIpc) is 2.37. The number of carbonyl (C=O) groups excluding carboxylic acids is 1. The van der Waals surface area contributed by atoms with Crippen LogP contribution in [0.15, 0.2) is 11.8 Å². The van der Waals surface area contributed by atoms with Crippen molar-refractivity contribution in [1.82, 2.24) is 15.1 Å². The summed E-state index contributed by atoms with van der Waals surface area (Å²) in [4.78, 5) is 16.1. The van der Waals surface area contributed by atoms with Crippen LogP contribution in [-0.4, -0.2) is 55.0 Å². The molecule has 1 aliphatic rings. The number of nitrogens with one attached hydrogen (secondary N) is 1. The maximum atomic E-state index is 11.8. The standard InChI is InChI=1S/C13H22N4O/c1-4-11(2)15-13(18)12(9-14)10-17-7-5-16(3)6-8-17/h10-11H,4-8H2,1-3H3,(H,15,18)/b12-10-. The maximum Gasteiger partial charge on any atom is 0.263 e. The van der Waals surface area contributed by atoms with E-state index in [9.17, 15) is 4.79 Å². The molecule has 0 aromatic rings. The monoisotopic (exact) mass is 250 g/mol. The van der Waals surface area contributed by atoms with Crippen LogP contribution in [0.5, 0.6) is 0 Å². The lowest BCUT2D eigenvalue weighted by Crippen LogP contribution is -2.42. The molecule has 1 N–H and O–H groups in total. The summed E-state index contributed by atoms with van der Waals surface area (Å²) in [5.41, 5.74) is 0.194. The first-order valence-corrected chi connectivity index (χ1v) is 6.42. The van der Waals surface area contributed by atoms with Crippen molar-refractivity contribution in [3.05, 3.63) is 11.8 Å². The van der Waals surface area contributed by atoms with E-state index < -0.39 is 0 Å². The third kappa shape index (κ3) is 4.38. The first-order chi connectivity index (χ1) is 8.56. The molecular weight excluding hydrogens is 228 g/mol. The lowest BCUT2D eigenvalue weighted by molar-refractivity contribution is -0.117. The zero-order valence-corrected chi connectivity index (χ0v) is 11.4. The van der Waals surface area contributed by atoms with Gasteiger partial charge in [0, 0.05) is 38.4 Å². The second-order valence-electron chi connectivity index (χ2n) is 4.78. The molecule has 1 aliphatic heterocycles. The molecular formula is C13H22N4O. The molecule has 18 heavy (non-hydrogen) atoms. The Hall–Kier alpha value is -1.54. The van der Waals surface area contributed by atoms with Crippen molar-refractivity contribution >= 4 is 5.91 Å². The van der Waals surface area contributed by atoms with Gasteiger partial charge in [0.2, 0.25) is 0 Å². The largest absolute Gasteiger partial charge is 0.374 e. The Kier molecular flexibility index (Phi) is 5.66. The van der Waals surface area contributed by atoms with Crippen LogP contribution in [0, 0.1) is 11.3 Å². The smallest absolute Gasteiger partial charge is 0.263 e. The summed E-state index contributed by atoms with van der Waals surface area (Å²) < 4.78 is 0. The Labute approximate surface area is 109 Å². The fraction of sp³-hybridized carbons (Fsp3) is 0.692. The zero-order chi connectivity index (χ0) is 13.5. The Bertz CT molecular complexity index is 350. The number of likely N-dealkylation sites (N-methyl/N-ethyl adjacent to an activating group) is 1. The average molecular weight is 250 g/mol. The molecule has 5 heteroatoms. The molecule has 0 aliphatic carbocycles. The number of hydrogen-bond acceptors (Lipinski definition) is 4. The fourth-order valence-corrected chi connectivity index (χ4v) is 1.68. The van der Waals surface area contributed by atoms with Gasteiger partial charge in [-0.15, -0.1) is 0 Å². The highest BCUT2D eigenvalue weighted by atomic mass is 16.1. The van der Waals surface area contributed by atoms with Gasteiger partial charge in [-0.05, 0) is 20.4 Å². The molecule has 0 spiro atoms. The van der Waals surface area contributed by atoms with E-state index in [1.54, 1.807) is 6.20 Å². The summed E-state index contributed by atoms with van der Waals surface area (Å²) in [5.74, 6) is -0.272. The van der Waals surface area contributed by atoms with Gasteiger partial charge in [-0.3, -0.25) is 4.79 Å². The van der Waals surface area contributed by atoms with Crippen molar-refractivity contribution in [2.75, 3.05) is 33.2 Å². The highest BCUT2D eigenvalue weighted by molar-refractivity contribution is 5.97.